The van der Waals surface area contributed by atoms with E-state index in [9.17, 15) is 19.2 Å². The van der Waals surface area contributed by atoms with Crippen LogP contribution in [-0.2, 0) is 23.9 Å². The van der Waals surface area contributed by atoms with Crippen LogP contribution < -0.4 is 5.32 Å². The molecule has 1 aliphatic heterocycles. The minimum Gasteiger partial charge on any atom is -0.466 e. The molecule has 0 aliphatic carbocycles. The van der Waals surface area contributed by atoms with Crippen molar-refractivity contribution in [3.8, 4) is 0 Å². The molecule has 1 fully saturated rings. The number of amides is 3. The Morgan fingerprint density at radius 2 is 1.87 bits per heavy atom. The molecule has 0 saturated carbocycles. The highest BCUT2D eigenvalue weighted by atomic mass is 16.5. The van der Waals surface area contributed by atoms with Crippen LogP contribution in [0.2, 0.25) is 0 Å². The summed E-state index contributed by atoms with van der Waals surface area (Å²) in [7, 11) is 0. The Hall–Kier alpha value is -2.45. The Balaban J connectivity index is 2.52. The molecule has 0 bridgehead atoms. The summed E-state index contributed by atoms with van der Waals surface area (Å²) in [5.41, 5.74) is 0. The Kier molecular flexibility index (Phi) is 12.4. The van der Waals surface area contributed by atoms with Crippen molar-refractivity contribution in [2.75, 3.05) is 6.61 Å². The monoisotopic (exact) mass is 425 g/mol. The second-order valence-corrected chi connectivity index (χ2v) is 7.32. The van der Waals surface area contributed by atoms with Gasteiger partial charge in [-0.3, -0.25) is 19.7 Å². The zero-order valence-corrected chi connectivity index (χ0v) is 18.4. The maximum atomic E-state index is 12.1. The summed E-state index contributed by atoms with van der Waals surface area (Å²) in [4.78, 5) is 46.8. The van der Waals surface area contributed by atoms with Gasteiger partial charge in [0.25, 0.3) is 5.91 Å². The van der Waals surface area contributed by atoms with Crippen molar-refractivity contribution >= 4 is 30.1 Å². The number of hydrogen-bond donors (Lipinski definition) is 1. The third-order valence-electron chi connectivity index (χ3n) is 4.72. The maximum absolute atomic E-state index is 12.1. The van der Waals surface area contributed by atoms with Crippen LogP contribution in [0, 0.1) is 0 Å². The van der Waals surface area contributed by atoms with E-state index in [1.165, 1.54) is 13.1 Å². The lowest BCUT2D eigenvalue weighted by atomic mass is 10.1. The summed E-state index contributed by atoms with van der Waals surface area (Å²) in [5, 5.41) is 7.58. The van der Waals surface area contributed by atoms with Crippen LogP contribution in [0.5, 0.6) is 0 Å². The third-order valence-corrected chi connectivity index (χ3v) is 4.72. The SMILES string of the molecule is CCCCCC(C=NN1C(=O)NC(=O)C1CCCCCCC(=O)OCC)OC(C)=O. The largest absolute Gasteiger partial charge is 0.466 e. The standard InChI is InChI=1S/C21H35N3O6/c1-4-6-9-12-17(30-16(3)25)15-22-24-18(20(27)23-21(24)28)13-10-7-8-11-14-19(26)29-5-2/h15,17-18H,4-14H2,1-3H3,(H,23,27,28). The van der Waals surface area contributed by atoms with Gasteiger partial charge in [-0.1, -0.05) is 39.0 Å². The fourth-order valence-electron chi connectivity index (χ4n) is 3.20. The van der Waals surface area contributed by atoms with Gasteiger partial charge in [0.15, 0.2) is 0 Å². The van der Waals surface area contributed by atoms with E-state index in [1.54, 1.807) is 6.92 Å². The zero-order chi connectivity index (χ0) is 22.4. The highest BCUT2D eigenvalue weighted by Gasteiger charge is 2.38. The molecular formula is C21H35N3O6. The van der Waals surface area contributed by atoms with E-state index in [-0.39, 0.29) is 11.9 Å². The first-order valence-electron chi connectivity index (χ1n) is 10.9. The van der Waals surface area contributed by atoms with Gasteiger partial charge in [-0.05, 0) is 32.6 Å². The van der Waals surface area contributed by atoms with Crippen LogP contribution in [0.4, 0.5) is 4.79 Å². The van der Waals surface area contributed by atoms with Crippen molar-refractivity contribution in [2.45, 2.75) is 97.1 Å². The molecule has 170 valence electrons. The van der Waals surface area contributed by atoms with Crippen molar-refractivity contribution in [3.05, 3.63) is 0 Å². The van der Waals surface area contributed by atoms with Crippen molar-refractivity contribution in [1.29, 1.82) is 0 Å². The van der Waals surface area contributed by atoms with Crippen molar-refractivity contribution in [1.82, 2.24) is 10.3 Å². The molecule has 0 aromatic rings. The highest BCUT2D eigenvalue weighted by Crippen LogP contribution is 2.17. The summed E-state index contributed by atoms with van der Waals surface area (Å²) in [6.07, 6.45) is 8.45. The predicted molar refractivity (Wildman–Crippen MR) is 112 cm³/mol. The van der Waals surface area contributed by atoms with Gasteiger partial charge in [0.05, 0.1) is 12.8 Å². The number of nitrogens with zero attached hydrogens (tertiary/aromatic N) is 2. The molecule has 0 spiro atoms. The van der Waals surface area contributed by atoms with E-state index in [0.717, 1.165) is 50.0 Å². The molecule has 1 aliphatic rings. The molecule has 1 rings (SSSR count). The summed E-state index contributed by atoms with van der Waals surface area (Å²) in [5.74, 6) is -0.983. The highest BCUT2D eigenvalue weighted by molar-refractivity contribution is 6.04. The Labute approximate surface area is 178 Å². The second-order valence-electron chi connectivity index (χ2n) is 7.32. The molecule has 1 saturated heterocycles. The number of rotatable bonds is 15. The molecule has 1 heterocycles. The van der Waals surface area contributed by atoms with E-state index in [1.807, 2.05) is 0 Å². The van der Waals surface area contributed by atoms with Crippen LogP contribution >= 0.6 is 0 Å². The lowest BCUT2D eigenvalue weighted by Gasteiger charge is -2.18. The number of unbranched alkanes of at least 4 members (excludes halogenated alkanes) is 5. The Morgan fingerprint density at radius 3 is 2.53 bits per heavy atom. The van der Waals surface area contributed by atoms with E-state index in [2.05, 4.69) is 17.3 Å². The molecule has 3 amide bonds. The molecule has 9 heteroatoms. The van der Waals surface area contributed by atoms with Crippen LogP contribution in [0.15, 0.2) is 5.10 Å². The zero-order valence-electron chi connectivity index (χ0n) is 18.4. The first-order chi connectivity index (χ1) is 14.4. The minimum absolute atomic E-state index is 0.194. The van der Waals surface area contributed by atoms with E-state index < -0.39 is 24.1 Å². The number of urea groups is 1. The van der Waals surface area contributed by atoms with E-state index in [4.69, 9.17) is 9.47 Å². The normalized spacial score (nSPS) is 17.3. The molecule has 2 atom stereocenters. The number of hydrazone groups is 1. The number of esters is 2. The predicted octanol–water partition coefficient (Wildman–Crippen LogP) is 3.31. The fourth-order valence-corrected chi connectivity index (χ4v) is 3.20. The minimum atomic E-state index is -0.674. The number of hydrogen-bond acceptors (Lipinski definition) is 7. The van der Waals surface area contributed by atoms with E-state index >= 15 is 0 Å². The van der Waals surface area contributed by atoms with Crippen LogP contribution in [-0.4, -0.2) is 53.9 Å². The van der Waals surface area contributed by atoms with Gasteiger partial charge < -0.3 is 9.47 Å². The number of ether oxygens (including phenoxy) is 2. The summed E-state index contributed by atoms with van der Waals surface area (Å²) in [6.45, 7) is 5.57. The third kappa shape index (κ3) is 9.84. The van der Waals surface area contributed by atoms with E-state index in [0.29, 0.717) is 25.9 Å². The first kappa shape index (κ1) is 25.6. The molecule has 0 radical (unpaired) electrons. The summed E-state index contributed by atoms with van der Waals surface area (Å²) >= 11 is 0. The molecule has 30 heavy (non-hydrogen) atoms. The smallest absolute Gasteiger partial charge is 0.345 e. The van der Waals surface area contributed by atoms with Crippen LogP contribution in [0.25, 0.3) is 0 Å². The molecule has 2 unspecified atom stereocenters. The lowest BCUT2D eigenvalue weighted by Crippen LogP contribution is -2.32. The Morgan fingerprint density at radius 1 is 1.13 bits per heavy atom. The van der Waals surface area contributed by atoms with Gasteiger partial charge in [-0.25, -0.2) is 9.80 Å². The van der Waals surface area contributed by atoms with Gasteiger partial charge in [0.2, 0.25) is 0 Å². The molecule has 9 nitrogen and oxygen atoms in total. The molecule has 0 aromatic carbocycles. The molecule has 1 N–H and O–H groups in total. The van der Waals surface area contributed by atoms with Gasteiger partial charge in [-0.15, -0.1) is 0 Å². The second kappa shape index (κ2) is 14.5. The average molecular weight is 426 g/mol. The number of imide groups is 1. The van der Waals surface area contributed by atoms with Gasteiger partial charge >= 0.3 is 18.0 Å². The average Bonchev–Trinajstić information content (AvgIpc) is 2.95. The number of nitrogens with one attached hydrogen (secondary N) is 1. The molecular weight excluding hydrogens is 390 g/mol. The maximum Gasteiger partial charge on any atom is 0.345 e. The number of carbonyl (C=O) groups excluding carboxylic acids is 4. The topological polar surface area (TPSA) is 114 Å². The summed E-state index contributed by atoms with van der Waals surface area (Å²) in [6, 6.07) is -1.24. The van der Waals surface area contributed by atoms with Gasteiger partial charge in [-0.2, -0.15) is 5.10 Å². The lowest BCUT2D eigenvalue weighted by molar-refractivity contribution is -0.144. The van der Waals surface area contributed by atoms with Gasteiger partial charge in [0.1, 0.15) is 12.1 Å². The van der Waals surface area contributed by atoms with Crippen LogP contribution in [0.1, 0.15) is 85.0 Å². The van der Waals surface area contributed by atoms with Crippen molar-refractivity contribution < 1.29 is 28.7 Å². The fraction of sp³-hybridized carbons (Fsp3) is 0.762. The molecule has 0 aromatic heterocycles. The quantitative estimate of drug-likeness (QED) is 0.186. The number of carbonyl (C=O) groups is 4. The van der Waals surface area contributed by atoms with Crippen molar-refractivity contribution in [2.24, 2.45) is 5.10 Å². The van der Waals surface area contributed by atoms with Gasteiger partial charge in [0, 0.05) is 13.3 Å². The van der Waals surface area contributed by atoms with Crippen LogP contribution in [0.3, 0.4) is 0 Å². The Bertz CT molecular complexity index is 608. The van der Waals surface area contributed by atoms with Crippen molar-refractivity contribution in [3.63, 3.8) is 0 Å². The summed E-state index contributed by atoms with van der Waals surface area (Å²) < 4.78 is 10.1. The first-order valence-corrected chi connectivity index (χ1v) is 10.9.